The number of carbonyl (C=O) groups excluding carboxylic acids is 1. The van der Waals surface area contributed by atoms with Crippen LogP contribution in [0.1, 0.15) is 23.0 Å². The van der Waals surface area contributed by atoms with Gasteiger partial charge >= 0.3 is 16.1 Å². The summed E-state index contributed by atoms with van der Waals surface area (Å²) in [7, 11) is -5.07. The van der Waals surface area contributed by atoms with Gasteiger partial charge in [0.05, 0.1) is 28.2 Å². The quantitative estimate of drug-likeness (QED) is 0.183. The van der Waals surface area contributed by atoms with Crippen LogP contribution in [-0.4, -0.2) is 40.6 Å². The topological polar surface area (TPSA) is 191 Å². The van der Waals surface area contributed by atoms with Crippen molar-refractivity contribution in [3.8, 4) is 11.4 Å². The highest BCUT2D eigenvalue weighted by atomic mass is 32.2. The van der Waals surface area contributed by atoms with Gasteiger partial charge in [-0.1, -0.05) is 0 Å². The first-order valence-corrected chi connectivity index (χ1v) is 11.2. The monoisotopic (exact) mass is 522 g/mol. The standard InChI is InChI=1S/C20H15FN4O10S/c1-3-34-20(27)19-17(10-18(26)23(22-19)13-6-4-12(21)5-7-13)35-36(32,33)14-8-15(24(28)29)11(2)16(9-14)25(30)31/h4-10H,3H2,1-2H3. The van der Waals surface area contributed by atoms with E-state index in [-0.39, 0.29) is 12.3 Å². The number of hydrogen-bond acceptors (Lipinski definition) is 11. The summed E-state index contributed by atoms with van der Waals surface area (Å²) in [5.41, 5.74) is -3.91. The summed E-state index contributed by atoms with van der Waals surface area (Å²) in [5.74, 6) is -2.72. The summed E-state index contributed by atoms with van der Waals surface area (Å²) in [6.45, 7) is 2.33. The van der Waals surface area contributed by atoms with E-state index in [9.17, 15) is 42.6 Å². The Kier molecular flexibility index (Phi) is 7.09. The number of nitro benzene ring substituents is 2. The van der Waals surface area contributed by atoms with Gasteiger partial charge in [0.25, 0.3) is 16.9 Å². The Hall–Kier alpha value is -4.73. The van der Waals surface area contributed by atoms with Crippen molar-refractivity contribution >= 4 is 27.5 Å². The third-order valence-electron chi connectivity index (χ3n) is 4.64. The molecule has 16 heteroatoms. The average molecular weight is 522 g/mol. The molecule has 0 unspecified atom stereocenters. The lowest BCUT2D eigenvalue weighted by molar-refractivity contribution is -0.395. The van der Waals surface area contributed by atoms with Crippen molar-refractivity contribution in [2.45, 2.75) is 18.7 Å². The van der Waals surface area contributed by atoms with Crippen LogP contribution in [0.3, 0.4) is 0 Å². The SMILES string of the molecule is CCOC(=O)c1nn(-c2ccc(F)cc2)c(=O)cc1OS(=O)(=O)c1cc([N+](=O)[O-])c(C)c([N+](=O)[O-])c1. The molecule has 0 fully saturated rings. The molecule has 0 spiro atoms. The third kappa shape index (κ3) is 5.17. The first kappa shape index (κ1) is 25.9. The van der Waals surface area contributed by atoms with E-state index >= 15 is 0 Å². The third-order valence-corrected chi connectivity index (χ3v) is 5.86. The Balaban J connectivity index is 2.18. The summed E-state index contributed by atoms with van der Waals surface area (Å²) < 4.78 is 49.4. The van der Waals surface area contributed by atoms with E-state index in [2.05, 4.69) is 5.10 Å². The van der Waals surface area contributed by atoms with Gasteiger partial charge in [0, 0.05) is 12.1 Å². The van der Waals surface area contributed by atoms with Crippen LogP contribution in [0, 0.1) is 33.0 Å². The molecule has 0 radical (unpaired) electrons. The Morgan fingerprint density at radius 3 is 2.14 bits per heavy atom. The molecule has 0 saturated heterocycles. The Bertz CT molecular complexity index is 1520. The van der Waals surface area contributed by atoms with E-state index in [1.807, 2.05) is 0 Å². The number of nitro groups is 2. The fourth-order valence-electron chi connectivity index (χ4n) is 2.96. The van der Waals surface area contributed by atoms with Gasteiger partial charge in [-0.3, -0.25) is 25.0 Å². The lowest BCUT2D eigenvalue weighted by atomic mass is 10.1. The van der Waals surface area contributed by atoms with E-state index in [4.69, 9.17) is 8.92 Å². The zero-order valence-electron chi connectivity index (χ0n) is 18.4. The summed E-state index contributed by atoms with van der Waals surface area (Å²) in [6.07, 6.45) is 0. The van der Waals surface area contributed by atoms with Crippen LogP contribution in [0.2, 0.25) is 0 Å². The number of carbonyl (C=O) groups is 1. The van der Waals surface area contributed by atoms with Crippen LogP contribution in [0.5, 0.6) is 5.75 Å². The molecule has 0 aliphatic rings. The van der Waals surface area contributed by atoms with Crippen LogP contribution in [0.25, 0.3) is 5.69 Å². The molecule has 188 valence electrons. The first-order chi connectivity index (χ1) is 16.9. The summed E-state index contributed by atoms with van der Waals surface area (Å²) in [4.78, 5) is 44.6. The van der Waals surface area contributed by atoms with Crippen LogP contribution < -0.4 is 9.74 Å². The number of esters is 1. The molecule has 0 amide bonds. The lowest BCUT2D eigenvalue weighted by Crippen LogP contribution is -2.26. The van der Waals surface area contributed by atoms with Gasteiger partial charge in [-0.25, -0.2) is 9.18 Å². The van der Waals surface area contributed by atoms with Crippen molar-refractivity contribution in [1.29, 1.82) is 0 Å². The molecule has 0 saturated carbocycles. The molecule has 0 aliphatic carbocycles. The number of hydrogen-bond donors (Lipinski definition) is 0. The van der Waals surface area contributed by atoms with E-state index in [1.165, 1.54) is 19.1 Å². The summed E-state index contributed by atoms with van der Waals surface area (Å²) in [5, 5.41) is 26.4. The maximum atomic E-state index is 13.3. The zero-order chi connectivity index (χ0) is 26.8. The Morgan fingerprint density at radius 2 is 1.64 bits per heavy atom. The van der Waals surface area contributed by atoms with Crippen molar-refractivity contribution in [3.63, 3.8) is 0 Å². The molecule has 1 heterocycles. The first-order valence-electron chi connectivity index (χ1n) is 9.81. The summed E-state index contributed by atoms with van der Waals surface area (Å²) in [6, 6.07) is 6.01. The molecular weight excluding hydrogens is 507 g/mol. The molecule has 0 aliphatic heterocycles. The van der Waals surface area contributed by atoms with Gasteiger partial charge in [-0.2, -0.15) is 18.2 Å². The molecule has 0 N–H and O–H groups in total. The second-order valence-corrected chi connectivity index (χ2v) is 8.49. The number of aromatic nitrogens is 2. The zero-order valence-corrected chi connectivity index (χ0v) is 19.2. The van der Waals surface area contributed by atoms with Crippen molar-refractivity contribution in [3.05, 3.63) is 90.1 Å². The van der Waals surface area contributed by atoms with Gasteiger partial charge in [-0.15, -0.1) is 0 Å². The van der Waals surface area contributed by atoms with Gasteiger partial charge < -0.3 is 8.92 Å². The second kappa shape index (κ2) is 9.87. The van der Waals surface area contributed by atoms with Gasteiger partial charge in [0.15, 0.2) is 5.75 Å². The normalized spacial score (nSPS) is 11.1. The predicted octanol–water partition coefficient (Wildman–Crippen LogP) is 2.44. The molecule has 36 heavy (non-hydrogen) atoms. The van der Waals surface area contributed by atoms with E-state index in [0.717, 1.165) is 19.1 Å². The molecule has 3 rings (SSSR count). The highest BCUT2D eigenvalue weighted by Gasteiger charge is 2.31. The second-order valence-electron chi connectivity index (χ2n) is 6.94. The maximum absolute atomic E-state index is 13.3. The molecule has 1 aromatic heterocycles. The average Bonchev–Trinajstić information content (AvgIpc) is 2.79. The van der Waals surface area contributed by atoms with E-state index in [1.54, 1.807) is 0 Å². The van der Waals surface area contributed by atoms with Crippen LogP contribution in [0.15, 0.2) is 52.2 Å². The number of ether oxygens (including phenoxy) is 1. The lowest BCUT2D eigenvalue weighted by Gasteiger charge is -2.13. The highest BCUT2D eigenvalue weighted by Crippen LogP contribution is 2.32. The molecule has 0 atom stereocenters. The minimum atomic E-state index is -5.07. The fourth-order valence-corrected chi connectivity index (χ4v) is 3.93. The van der Waals surface area contributed by atoms with Crippen molar-refractivity contribution in [1.82, 2.24) is 9.78 Å². The largest absolute Gasteiger partial charge is 0.461 e. The molecular formula is C20H15FN4O10S. The Morgan fingerprint density at radius 1 is 1.08 bits per heavy atom. The molecule has 2 aromatic carbocycles. The van der Waals surface area contributed by atoms with E-state index in [0.29, 0.717) is 22.9 Å². The van der Waals surface area contributed by atoms with Crippen molar-refractivity contribution in [2.75, 3.05) is 6.61 Å². The van der Waals surface area contributed by atoms with Crippen LogP contribution in [-0.2, 0) is 14.9 Å². The van der Waals surface area contributed by atoms with Crippen molar-refractivity contribution in [2.24, 2.45) is 0 Å². The number of halogens is 1. The predicted molar refractivity (Wildman–Crippen MR) is 118 cm³/mol. The summed E-state index contributed by atoms with van der Waals surface area (Å²) >= 11 is 0. The maximum Gasteiger partial charge on any atom is 0.362 e. The number of rotatable bonds is 8. The van der Waals surface area contributed by atoms with Gasteiger partial charge in [-0.05, 0) is 38.1 Å². The van der Waals surface area contributed by atoms with Gasteiger partial charge in [0.2, 0.25) is 5.69 Å². The number of nitrogens with zero attached hydrogens (tertiary/aromatic N) is 4. The minimum absolute atomic E-state index is 0.0196. The fraction of sp³-hybridized carbons (Fsp3) is 0.150. The van der Waals surface area contributed by atoms with E-state index < -0.39 is 70.6 Å². The number of benzene rings is 2. The molecule has 0 bridgehead atoms. The smallest absolute Gasteiger partial charge is 0.362 e. The minimum Gasteiger partial charge on any atom is -0.461 e. The molecule has 3 aromatic rings. The van der Waals surface area contributed by atoms with Crippen LogP contribution in [0.4, 0.5) is 15.8 Å². The van der Waals surface area contributed by atoms with Crippen molar-refractivity contribution < 1.29 is 36.4 Å². The van der Waals surface area contributed by atoms with Crippen LogP contribution >= 0.6 is 0 Å². The highest BCUT2D eigenvalue weighted by molar-refractivity contribution is 7.87. The Labute approximate surface area is 200 Å². The molecule has 14 nitrogen and oxygen atoms in total. The van der Waals surface area contributed by atoms with Gasteiger partial charge in [0.1, 0.15) is 16.3 Å².